The number of ether oxygens (including phenoxy) is 1. The number of halogens is 2. The molecule has 6 aromatic rings. The summed E-state index contributed by atoms with van der Waals surface area (Å²) in [6.07, 6.45) is 3.37. The lowest BCUT2D eigenvalue weighted by molar-refractivity contribution is -0.147. The Morgan fingerprint density at radius 2 is 1.30 bits per heavy atom. The van der Waals surface area contributed by atoms with Gasteiger partial charge in [-0.25, -0.2) is 8.78 Å². The Labute approximate surface area is 580 Å². The van der Waals surface area contributed by atoms with Crippen LogP contribution < -0.4 is 48.7 Å². The molecule has 2 fully saturated rings. The molecule has 2 saturated heterocycles. The van der Waals surface area contributed by atoms with Crippen molar-refractivity contribution in [1.29, 1.82) is 0 Å². The Morgan fingerprint density at radius 3 is 1.95 bits per heavy atom. The lowest BCUT2D eigenvalue weighted by atomic mass is 9.95. The number of rotatable bonds is 13. The van der Waals surface area contributed by atoms with Gasteiger partial charge in [-0.3, -0.25) is 47.9 Å². The summed E-state index contributed by atoms with van der Waals surface area (Å²) in [5.41, 5.74) is 14.3. The number of nitrogens with one attached hydrogen (secondary N) is 9. The van der Waals surface area contributed by atoms with Crippen molar-refractivity contribution in [3.8, 4) is 5.75 Å². The zero-order chi connectivity index (χ0) is 71.1. The van der Waals surface area contributed by atoms with Crippen molar-refractivity contribution in [3.63, 3.8) is 0 Å². The number of aromatic hydroxyl groups is 1. The molecule has 25 nitrogen and oxygen atoms in total. The molecule has 530 valence electrons. The van der Waals surface area contributed by atoms with E-state index in [2.05, 4.69) is 47.2 Å². The largest absolute Gasteiger partial charge is 0.508 e. The molecule has 0 radical (unpaired) electrons. The summed E-state index contributed by atoms with van der Waals surface area (Å²) in [7, 11) is 1.31. The maximum atomic E-state index is 15.5. The molecule has 14 N–H and O–H groups in total. The number of carbonyl (C=O) groups excluding carboxylic acids is 10. The number of primary amides is 1. The molecule has 5 heterocycles. The molecule has 0 saturated carbocycles. The summed E-state index contributed by atoms with van der Waals surface area (Å²) in [6, 6.07) is 10.8. The number of nitrogens with two attached hydrogens (primary N) is 2. The molecule has 0 unspecified atom stereocenters. The van der Waals surface area contributed by atoms with Gasteiger partial charge in [0.2, 0.25) is 59.1 Å². The maximum absolute atomic E-state index is 15.5. The van der Waals surface area contributed by atoms with Gasteiger partial charge in [-0.05, 0) is 149 Å². The van der Waals surface area contributed by atoms with E-state index in [0.717, 1.165) is 11.1 Å². The van der Waals surface area contributed by atoms with Gasteiger partial charge in [0.05, 0.1) is 6.10 Å². The fourth-order valence-corrected chi connectivity index (χ4v) is 14.7. The molecule has 0 spiro atoms. The summed E-state index contributed by atoms with van der Waals surface area (Å²) >= 11 is 2.84. The zero-order valence-electron chi connectivity index (χ0n) is 55.7. The number of aromatic amines is 2. The Balaban J connectivity index is 1.05. The van der Waals surface area contributed by atoms with Gasteiger partial charge in [0.1, 0.15) is 71.3 Å². The van der Waals surface area contributed by atoms with Crippen molar-refractivity contribution in [1.82, 2.24) is 57.0 Å². The van der Waals surface area contributed by atoms with Crippen molar-refractivity contribution in [2.75, 3.05) is 38.2 Å². The lowest BCUT2D eigenvalue weighted by Crippen LogP contribution is -2.64. The number of fused-ring (bicyclic) bond motifs is 6. The number of benzene rings is 4. The van der Waals surface area contributed by atoms with Crippen molar-refractivity contribution < 1.29 is 66.6 Å². The van der Waals surface area contributed by atoms with Crippen LogP contribution in [0.15, 0.2) is 97.3 Å². The number of hydrogen-bond acceptors (Lipinski definition) is 15. The third kappa shape index (κ3) is 19.0. The molecule has 2 bridgehead atoms. The molecule has 29 heteroatoms. The first kappa shape index (κ1) is 74.2. The van der Waals surface area contributed by atoms with E-state index in [-0.39, 0.29) is 76.0 Å². The first-order chi connectivity index (χ1) is 47.4. The molecule has 0 aliphatic carbocycles. The Bertz CT molecular complexity index is 3930. The number of methoxy groups -OCH3 is 1. The molecule has 99 heavy (non-hydrogen) atoms. The second-order valence-corrected chi connectivity index (χ2v) is 27.8. The molecule has 10 atom stereocenters. The number of amides is 10. The number of carbonyl (C=O) groups is 10. The van der Waals surface area contributed by atoms with E-state index in [1.807, 2.05) is 24.3 Å². The number of hydrogen-bond donors (Lipinski definition) is 12. The van der Waals surface area contributed by atoms with Gasteiger partial charge in [-0.15, -0.1) is 0 Å². The predicted molar refractivity (Wildman–Crippen MR) is 371 cm³/mol. The van der Waals surface area contributed by atoms with Gasteiger partial charge in [-0.2, -0.15) is 23.5 Å². The van der Waals surface area contributed by atoms with Gasteiger partial charge in [-0.1, -0.05) is 36.4 Å². The summed E-state index contributed by atoms with van der Waals surface area (Å²) in [4.78, 5) is 154. The average molecular weight is 1400 g/mol. The van der Waals surface area contributed by atoms with Crippen LogP contribution in [0.5, 0.6) is 5.75 Å². The first-order valence-electron chi connectivity index (χ1n) is 33.2. The van der Waals surface area contributed by atoms with E-state index in [1.165, 1.54) is 103 Å². The minimum absolute atomic E-state index is 0.0217. The van der Waals surface area contributed by atoms with Crippen LogP contribution in [0.3, 0.4) is 0 Å². The van der Waals surface area contributed by atoms with Gasteiger partial charge in [0.25, 0.3) is 0 Å². The first-order valence-corrected chi connectivity index (χ1v) is 35.5. The molecule has 4 aromatic carbocycles. The minimum atomic E-state index is -1.55. The van der Waals surface area contributed by atoms with Gasteiger partial charge in [0.15, 0.2) is 0 Å². The minimum Gasteiger partial charge on any atom is -0.508 e. The van der Waals surface area contributed by atoms with E-state index in [0.29, 0.717) is 81.6 Å². The Kier molecular flexibility index (Phi) is 25.6. The number of unbranched alkanes of at least 4 members (excludes halogenated alkanes) is 1. The monoisotopic (exact) mass is 1400 g/mol. The fraction of sp³-hybridized carbons (Fsp3) is 0.457. The van der Waals surface area contributed by atoms with E-state index < -0.39 is 131 Å². The molecule has 3 aliphatic heterocycles. The number of nitrogens with zero attached hydrogens (tertiary/aromatic N) is 2. The molecular formula is C70H87F2N13O12S2. The normalized spacial score (nSPS) is 24.7. The van der Waals surface area contributed by atoms with E-state index >= 15 is 18.8 Å². The zero-order valence-corrected chi connectivity index (χ0v) is 57.4. The van der Waals surface area contributed by atoms with Gasteiger partial charge >= 0.3 is 0 Å². The summed E-state index contributed by atoms with van der Waals surface area (Å²) < 4.78 is 35.6. The van der Waals surface area contributed by atoms with Gasteiger partial charge in [0, 0.05) is 103 Å². The highest BCUT2D eigenvalue weighted by molar-refractivity contribution is 7.98. The van der Waals surface area contributed by atoms with Crippen LogP contribution in [-0.4, -0.2) is 182 Å². The molecule has 3 aliphatic rings. The molecular weight excluding hydrogens is 1320 g/mol. The van der Waals surface area contributed by atoms with Crippen molar-refractivity contribution in [2.45, 2.75) is 163 Å². The number of H-pyrrole nitrogens is 2. The number of aromatic nitrogens is 2. The SMILES string of the molecule is CO[C@@H](C)[C@@H]1NC(=O)[C@@H]2CCCN2C(=O)[C@H](Cc2c[nH]c3ccc(F)cc23)NC(=O)[C@H](Cc2c[nH]c3ccc(F)cc23)NC(=O)[C@@H](C)NC(=O)[C@H](CCCCN)NC(=O)CCSCc2cccc(c2)CSC[C@@H](C(N)=O)NC(=O)[C@]2(C)CCCN2C(=O)[C@H](Cc2ccc(O)cc2)NC1=O. The summed E-state index contributed by atoms with van der Waals surface area (Å²) in [6.45, 7) is 4.85. The van der Waals surface area contributed by atoms with E-state index in [4.69, 9.17) is 16.2 Å². The predicted octanol–water partition coefficient (Wildman–Crippen LogP) is 3.67. The quantitative estimate of drug-likeness (QED) is 0.0734. The maximum Gasteiger partial charge on any atom is 0.246 e. The standard InChI is InChI=1S/C70H87F2N13O12S2/c1-39-62(89)79-54(30-44-34-75-51-20-16-46(71)32-49(44)51)64(91)80-56(31-45-35-76-52-21-17-47(72)33-50(45)52)67(94)84-25-8-13-58(84)65(92)83-60(40(2)97-4)66(93)81-55(29-41-14-18-48(86)19-15-41)68(95)85-26-9-23-70(85,3)69(96)82-57(61(74)88)38-99-37-43-11-7-10-42(28-43)36-98-27-22-59(87)78-53(63(90)77-39)12-5-6-24-73/h7,10-11,14-21,28,32-35,39-40,53-58,60,75-76,86H,5-6,8-9,12-13,22-27,29-31,36-38,73H2,1-4H3,(H2,74,88)(H,77,90)(H,78,87)(H,79,89)(H,80,91)(H,81,93)(H,82,96)(H,83,92)/t39-,40+,53+,54+,55+,56+,57+,58+,60+,70+/m1/s1. The molecule has 9 rings (SSSR count). The number of phenolic OH excluding ortho intramolecular Hbond substituents is 1. The van der Waals surface area contributed by atoms with E-state index in [9.17, 15) is 43.1 Å². The van der Waals surface area contributed by atoms with Crippen molar-refractivity contribution >= 4 is 104 Å². The van der Waals surface area contributed by atoms with Crippen LogP contribution in [0.1, 0.15) is 100.0 Å². The second kappa shape index (κ2) is 34.1. The Morgan fingerprint density at radius 1 is 0.687 bits per heavy atom. The van der Waals surface area contributed by atoms with Crippen LogP contribution >= 0.6 is 23.5 Å². The van der Waals surface area contributed by atoms with Crippen LogP contribution in [0.2, 0.25) is 0 Å². The highest BCUT2D eigenvalue weighted by atomic mass is 32.2. The van der Waals surface area contributed by atoms with Gasteiger partial charge < -0.3 is 78.3 Å². The van der Waals surface area contributed by atoms with Crippen LogP contribution in [-0.2, 0) is 83.5 Å². The van der Waals surface area contributed by atoms with Crippen molar-refractivity contribution in [2.24, 2.45) is 11.5 Å². The van der Waals surface area contributed by atoms with Crippen LogP contribution in [0, 0.1) is 11.6 Å². The lowest BCUT2D eigenvalue weighted by Gasteiger charge is -2.37. The summed E-state index contributed by atoms with van der Waals surface area (Å²) in [5, 5.41) is 30.4. The fourth-order valence-electron chi connectivity index (χ4n) is 12.8. The molecule has 2 aromatic heterocycles. The summed E-state index contributed by atoms with van der Waals surface area (Å²) in [5.74, 6) is -7.31. The number of thioether (sulfide) groups is 2. The Hall–Kier alpha value is -9.06. The van der Waals surface area contributed by atoms with Crippen molar-refractivity contribution in [3.05, 3.63) is 137 Å². The third-order valence-electron chi connectivity index (χ3n) is 18.5. The number of phenols is 1. The highest BCUT2D eigenvalue weighted by Crippen LogP contribution is 2.32. The van der Waals surface area contributed by atoms with Crippen LogP contribution in [0.4, 0.5) is 8.78 Å². The topological polar surface area (TPSA) is 374 Å². The van der Waals surface area contributed by atoms with Crippen LogP contribution in [0.25, 0.3) is 21.8 Å². The van der Waals surface area contributed by atoms with E-state index in [1.54, 1.807) is 31.5 Å². The highest BCUT2D eigenvalue weighted by Gasteiger charge is 2.49. The third-order valence-corrected chi connectivity index (χ3v) is 20.6. The second-order valence-electron chi connectivity index (χ2n) is 25.7. The smallest absolute Gasteiger partial charge is 0.246 e. The molecule has 10 amide bonds. The average Bonchev–Trinajstić information content (AvgIpc) is 1.71.